The van der Waals surface area contributed by atoms with Crippen molar-refractivity contribution < 1.29 is 4.42 Å². The summed E-state index contributed by atoms with van der Waals surface area (Å²) < 4.78 is 9.11. The number of hydrogen-bond acceptors (Lipinski definition) is 2. The zero-order chi connectivity index (χ0) is 37.7. The molecule has 11 aromatic rings. The quantitative estimate of drug-likeness (QED) is 0.163. The molecule has 0 saturated heterocycles. The van der Waals surface area contributed by atoms with Crippen LogP contribution in [0.15, 0.2) is 223 Å². The lowest BCUT2D eigenvalue weighted by Gasteiger charge is -2.28. The molecular formula is C54H36N2O. The molecule has 0 radical (unpaired) electrons. The fraction of sp³-hybridized carbons (Fsp3) is 0. The predicted octanol–water partition coefficient (Wildman–Crippen LogP) is 15.2. The largest absolute Gasteiger partial charge is 0.454 e. The van der Waals surface area contributed by atoms with E-state index in [-0.39, 0.29) is 0 Å². The topological polar surface area (TPSA) is 21.3 Å². The molecule has 0 spiro atoms. The van der Waals surface area contributed by atoms with Crippen LogP contribution in [0.2, 0.25) is 0 Å². The van der Waals surface area contributed by atoms with Gasteiger partial charge < -0.3 is 13.9 Å². The molecule has 0 aliphatic carbocycles. The first-order valence-electron chi connectivity index (χ1n) is 19.4. The summed E-state index contributed by atoms with van der Waals surface area (Å²) in [6.07, 6.45) is 0. The van der Waals surface area contributed by atoms with Gasteiger partial charge in [-0.2, -0.15) is 0 Å². The number of anilines is 3. The summed E-state index contributed by atoms with van der Waals surface area (Å²) in [5, 5.41) is 4.69. The van der Waals surface area contributed by atoms with Gasteiger partial charge in [-0.25, -0.2) is 0 Å². The molecule has 0 unspecified atom stereocenters. The lowest BCUT2D eigenvalue weighted by atomic mass is 9.88. The number of aromatic nitrogens is 1. The Balaban J connectivity index is 1.13. The van der Waals surface area contributed by atoms with Crippen LogP contribution in [0.3, 0.4) is 0 Å². The molecule has 0 N–H and O–H groups in total. The Hall–Kier alpha value is -7.62. The summed E-state index contributed by atoms with van der Waals surface area (Å²) in [4.78, 5) is 2.37. The number of rotatable bonds is 7. The SMILES string of the molecule is c1ccc(-c2ccccc2-c2ccccc2-c2ccccc2N(c2ccc(-n3c4ccccc4c4ccccc43)cc2)c2cccc3c2oc2ccccc23)cc1. The lowest BCUT2D eigenvalue weighted by molar-refractivity contribution is 0.669. The van der Waals surface area contributed by atoms with E-state index in [0.717, 1.165) is 55.8 Å². The first-order valence-corrected chi connectivity index (χ1v) is 19.4. The maximum absolute atomic E-state index is 6.74. The van der Waals surface area contributed by atoms with Crippen LogP contribution >= 0.6 is 0 Å². The Morgan fingerprint density at radius 2 is 0.825 bits per heavy atom. The van der Waals surface area contributed by atoms with Gasteiger partial charge in [0.2, 0.25) is 0 Å². The average molecular weight is 729 g/mol. The van der Waals surface area contributed by atoms with Gasteiger partial charge in [-0.05, 0) is 82.4 Å². The predicted molar refractivity (Wildman–Crippen MR) is 239 cm³/mol. The number of hydrogen-bond donors (Lipinski definition) is 0. The van der Waals surface area contributed by atoms with Crippen molar-refractivity contribution >= 4 is 60.8 Å². The zero-order valence-corrected chi connectivity index (χ0v) is 31.1. The van der Waals surface area contributed by atoms with E-state index < -0.39 is 0 Å². The molecule has 0 bridgehead atoms. The number of para-hydroxylation sites is 5. The first kappa shape index (κ1) is 32.8. The van der Waals surface area contributed by atoms with E-state index in [0.29, 0.717) is 0 Å². The minimum absolute atomic E-state index is 0.850. The van der Waals surface area contributed by atoms with E-state index in [2.05, 4.69) is 222 Å². The Kier molecular flexibility index (Phi) is 7.82. The third-order valence-electron chi connectivity index (χ3n) is 11.2. The maximum atomic E-state index is 6.74. The molecule has 0 aliphatic heterocycles. The van der Waals surface area contributed by atoms with Crippen molar-refractivity contribution in [2.75, 3.05) is 4.90 Å². The summed E-state index contributed by atoms with van der Waals surface area (Å²) >= 11 is 0. The third kappa shape index (κ3) is 5.43. The van der Waals surface area contributed by atoms with E-state index >= 15 is 0 Å². The van der Waals surface area contributed by atoms with Crippen molar-refractivity contribution in [1.82, 2.24) is 4.57 Å². The van der Waals surface area contributed by atoms with Crippen LogP contribution in [-0.2, 0) is 0 Å². The summed E-state index contributed by atoms with van der Waals surface area (Å²) in [6.45, 7) is 0. The highest BCUT2D eigenvalue weighted by Crippen LogP contribution is 2.48. The highest BCUT2D eigenvalue weighted by molar-refractivity contribution is 6.11. The average Bonchev–Trinajstić information content (AvgIpc) is 3.84. The monoisotopic (exact) mass is 728 g/mol. The van der Waals surface area contributed by atoms with Gasteiger partial charge in [0.25, 0.3) is 0 Å². The van der Waals surface area contributed by atoms with Crippen molar-refractivity contribution in [2.24, 2.45) is 0 Å². The number of furan rings is 1. The fourth-order valence-electron chi connectivity index (χ4n) is 8.70. The van der Waals surface area contributed by atoms with Crippen molar-refractivity contribution in [3.8, 4) is 39.1 Å². The van der Waals surface area contributed by atoms with E-state index in [1.54, 1.807) is 0 Å². The molecule has 0 fully saturated rings. The van der Waals surface area contributed by atoms with Crippen LogP contribution in [0.25, 0.3) is 82.8 Å². The smallest absolute Gasteiger partial charge is 0.159 e. The second-order valence-corrected chi connectivity index (χ2v) is 14.4. The molecule has 0 amide bonds. The molecule has 2 heterocycles. The van der Waals surface area contributed by atoms with Crippen LogP contribution in [0.5, 0.6) is 0 Å². The fourth-order valence-corrected chi connectivity index (χ4v) is 8.70. The van der Waals surface area contributed by atoms with Crippen LogP contribution in [0.4, 0.5) is 17.1 Å². The molecule has 0 atom stereocenters. The molecular weight excluding hydrogens is 693 g/mol. The summed E-state index contributed by atoms with van der Waals surface area (Å²) in [5.74, 6) is 0. The second-order valence-electron chi connectivity index (χ2n) is 14.4. The highest BCUT2D eigenvalue weighted by Gasteiger charge is 2.24. The van der Waals surface area contributed by atoms with Gasteiger partial charge in [-0.1, -0.05) is 164 Å². The normalized spacial score (nSPS) is 11.5. The van der Waals surface area contributed by atoms with Crippen molar-refractivity contribution in [1.29, 1.82) is 0 Å². The molecule has 268 valence electrons. The maximum Gasteiger partial charge on any atom is 0.159 e. The minimum Gasteiger partial charge on any atom is -0.454 e. The third-order valence-corrected chi connectivity index (χ3v) is 11.2. The van der Waals surface area contributed by atoms with Crippen LogP contribution in [0.1, 0.15) is 0 Å². The van der Waals surface area contributed by atoms with Crippen LogP contribution < -0.4 is 4.90 Å². The van der Waals surface area contributed by atoms with Gasteiger partial charge in [-0.3, -0.25) is 0 Å². The van der Waals surface area contributed by atoms with E-state index in [1.807, 2.05) is 6.07 Å². The van der Waals surface area contributed by atoms with Crippen LogP contribution in [-0.4, -0.2) is 4.57 Å². The Morgan fingerprint density at radius 3 is 1.53 bits per heavy atom. The summed E-state index contributed by atoms with van der Waals surface area (Å²) in [6, 6.07) is 78.0. The van der Waals surface area contributed by atoms with Crippen molar-refractivity contribution in [2.45, 2.75) is 0 Å². The molecule has 2 aromatic heterocycles. The number of nitrogens with zero attached hydrogens (tertiary/aromatic N) is 2. The molecule has 9 aromatic carbocycles. The molecule has 3 nitrogen and oxygen atoms in total. The Morgan fingerprint density at radius 1 is 0.333 bits per heavy atom. The minimum atomic E-state index is 0.850. The van der Waals surface area contributed by atoms with Crippen LogP contribution in [0, 0.1) is 0 Å². The Labute approximate surface area is 330 Å². The van der Waals surface area contributed by atoms with Crippen molar-refractivity contribution in [3.05, 3.63) is 218 Å². The van der Waals surface area contributed by atoms with Gasteiger partial charge in [0.15, 0.2) is 5.58 Å². The van der Waals surface area contributed by atoms with Gasteiger partial charge in [0, 0.05) is 38.5 Å². The summed E-state index contributed by atoms with van der Waals surface area (Å²) in [5.41, 5.74) is 15.3. The van der Waals surface area contributed by atoms with Gasteiger partial charge in [0.1, 0.15) is 5.58 Å². The second kappa shape index (κ2) is 13.6. The van der Waals surface area contributed by atoms with Gasteiger partial charge >= 0.3 is 0 Å². The summed E-state index contributed by atoms with van der Waals surface area (Å²) in [7, 11) is 0. The molecule has 0 saturated carbocycles. The Bertz CT molecular complexity index is 3190. The van der Waals surface area contributed by atoms with E-state index in [1.165, 1.54) is 44.1 Å². The first-order chi connectivity index (χ1) is 28.3. The zero-order valence-electron chi connectivity index (χ0n) is 31.1. The molecule has 3 heteroatoms. The van der Waals surface area contributed by atoms with E-state index in [9.17, 15) is 0 Å². The van der Waals surface area contributed by atoms with E-state index in [4.69, 9.17) is 4.42 Å². The number of fused-ring (bicyclic) bond motifs is 6. The molecule has 0 aliphatic rings. The standard InChI is InChI=1S/C54H36N2O/c1-2-17-37(18-3-1)40-19-4-5-20-41(40)42-21-6-7-22-43(42)44-23-8-12-28-49(44)56(52-31-16-27-48-47-26-11-15-32-53(47)57-54(48)52)39-35-33-38(34-36-39)55-50-29-13-9-24-45(50)46-25-10-14-30-51(46)55/h1-36H. The number of benzene rings is 9. The lowest BCUT2D eigenvalue weighted by Crippen LogP contribution is -2.12. The van der Waals surface area contributed by atoms with Crippen molar-refractivity contribution in [3.63, 3.8) is 0 Å². The van der Waals surface area contributed by atoms with Gasteiger partial charge in [0.05, 0.1) is 22.4 Å². The molecule has 57 heavy (non-hydrogen) atoms. The highest BCUT2D eigenvalue weighted by atomic mass is 16.3. The van der Waals surface area contributed by atoms with Gasteiger partial charge in [-0.15, -0.1) is 0 Å². The molecule has 11 rings (SSSR count).